The fourth-order valence-electron chi connectivity index (χ4n) is 1.70. The van der Waals surface area contributed by atoms with Gasteiger partial charge in [-0.3, -0.25) is 9.59 Å². The molecule has 3 N–H and O–H groups in total. The summed E-state index contributed by atoms with van der Waals surface area (Å²) in [5.74, 6) is -0.742. The van der Waals surface area contributed by atoms with Gasteiger partial charge in [0.25, 0.3) is 5.91 Å². The monoisotopic (exact) mass is 374 g/mol. The Balaban J connectivity index is 2.57. The van der Waals surface area contributed by atoms with E-state index in [0.717, 1.165) is 0 Å². The summed E-state index contributed by atoms with van der Waals surface area (Å²) in [5, 5.41) is 11.2. The molecule has 0 aliphatic carbocycles. The zero-order valence-corrected chi connectivity index (χ0v) is 15.2. The summed E-state index contributed by atoms with van der Waals surface area (Å²) < 4.78 is 26.8. The molecule has 0 saturated carbocycles. The third kappa shape index (κ3) is 6.90. The molecule has 0 aliphatic rings. The van der Waals surface area contributed by atoms with Crippen LogP contribution in [0.3, 0.4) is 0 Å². The van der Waals surface area contributed by atoms with Crippen LogP contribution in [0, 0.1) is 0 Å². The largest absolute Gasteiger partial charge is 0.481 e. The second-order valence-corrected chi connectivity index (χ2v) is 7.98. The lowest BCUT2D eigenvalue weighted by Crippen LogP contribution is -2.32. The van der Waals surface area contributed by atoms with Gasteiger partial charge in [0.15, 0.2) is 0 Å². The van der Waals surface area contributed by atoms with Crippen molar-refractivity contribution in [3.05, 3.63) is 29.8 Å². The smallest absolute Gasteiger partial charge is 0.313 e. The number of aliphatic carboxylic acids is 1. The molecule has 24 heavy (non-hydrogen) atoms. The van der Waals surface area contributed by atoms with Crippen LogP contribution in [0.1, 0.15) is 30.6 Å². The van der Waals surface area contributed by atoms with Crippen LogP contribution in [0.2, 0.25) is 0 Å². The molecule has 0 aromatic heterocycles. The standard InChI is InChI=1S/C15H22N2O5S2/c1-3-11(2)17-24(21,22)13-6-4-12(5-7-13)15(20)16-8-9-23-10-14(18)19/h4-7,11,17H,3,8-10H2,1-2H3,(H,16,20)(H,18,19). The molecule has 9 heteroatoms. The molecule has 0 saturated heterocycles. The number of sulfonamides is 1. The van der Waals surface area contributed by atoms with E-state index in [1.807, 2.05) is 6.92 Å². The molecule has 1 unspecified atom stereocenters. The summed E-state index contributed by atoms with van der Waals surface area (Å²) >= 11 is 1.21. The normalized spacial score (nSPS) is 12.6. The molecule has 0 heterocycles. The molecule has 1 rings (SSSR count). The van der Waals surface area contributed by atoms with Crippen LogP contribution in [0.5, 0.6) is 0 Å². The molecule has 0 bridgehead atoms. The van der Waals surface area contributed by atoms with E-state index in [1.165, 1.54) is 36.0 Å². The van der Waals surface area contributed by atoms with Crippen molar-refractivity contribution in [1.29, 1.82) is 0 Å². The zero-order chi connectivity index (χ0) is 18.2. The number of benzene rings is 1. The summed E-state index contributed by atoms with van der Waals surface area (Å²) in [6.45, 7) is 4.00. The summed E-state index contributed by atoms with van der Waals surface area (Å²) in [6.07, 6.45) is 0.680. The van der Waals surface area contributed by atoms with Gasteiger partial charge < -0.3 is 10.4 Å². The molecule has 1 aromatic carbocycles. The van der Waals surface area contributed by atoms with E-state index in [0.29, 0.717) is 24.3 Å². The lowest BCUT2D eigenvalue weighted by Gasteiger charge is -2.12. The van der Waals surface area contributed by atoms with Crippen LogP contribution in [-0.4, -0.2) is 49.5 Å². The van der Waals surface area contributed by atoms with Crippen molar-refractivity contribution in [3.63, 3.8) is 0 Å². The van der Waals surface area contributed by atoms with E-state index in [1.54, 1.807) is 6.92 Å². The van der Waals surface area contributed by atoms with E-state index >= 15 is 0 Å². The molecule has 134 valence electrons. The van der Waals surface area contributed by atoms with Crippen LogP contribution in [0.15, 0.2) is 29.2 Å². The molecular weight excluding hydrogens is 352 g/mol. The van der Waals surface area contributed by atoms with Gasteiger partial charge in [-0.2, -0.15) is 0 Å². The van der Waals surface area contributed by atoms with Crippen molar-refractivity contribution in [1.82, 2.24) is 10.0 Å². The van der Waals surface area contributed by atoms with Crippen molar-refractivity contribution in [2.75, 3.05) is 18.1 Å². The minimum atomic E-state index is -3.59. The van der Waals surface area contributed by atoms with Crippen molar-refractivity contribution in [2.45, 2.75) is 31.2 Å². The van der Waals surface area contributed by atoms with Crippen molar-refractivity contribution in [3.8, 4) is 0 Å². The highest BCUT2D eigenvalue weighted by Crippen LogP contribution is 2.12. The maximum absolute atomic E-state index is 12.1. The average Bonchev–Trinajstić information content (AvgIpc) is 2.53. The minimum absolute atomic E-state index is 0.00832. The van der Waals surface area contributed by atoms with E-state index in [2.05, 4.69) is 10.0 Å². The van der Waals surface area contributed by atoms with Crippen molar-refractivity contribution < 1.29 is 23.1 Å². The van der Waals surface area contributed by atoms with Gasteiger partial charge in [0, 0.05) is 23.9 Å². The van der Waals surface area contributed by atoms with Gasteiger partial charge in [-0.15, -0.1) is 11.8 Å². The Morgan fingerprint density at radius 2 is 1.88 bits per heavy atom. The number of rotatable bonds is 10. The molecular formula is C15H22N2O5S2. The Morgan fingerprint density at radius 1 is 1.25 bits per heavy atom. The molecule has 0 radical (unpaired) electrons. The van der Waals surface area contributed by atoms with Gasteiger partial charge in [-0.25, -0.2) is 13.1 Å². The first kappa shape index (κ1) is 20.5. The number of carboxylic acid groups (broad SMARTS) is 1. The molecule has 7 nitrogen and oxygen atoms in total. The fraction of sp³-hybridized carbons (Fsp3) is 0.467. The van der Waals surface area contributed by atoms with Gasteiger partial charge in [-0.1, -0.05) is 6.92 Å². The first-order valence-electron chi connectivity index (χ1n) is 7.46. The fourth-order valence-corrected chi connectivity index (χ4v) is 3.59. The Labute approximate surface area is 146 Å². The first-order chi connectivity index (χ1) is 11.3. The second-order valence-electron chi connectivity index (χ2n) is 5.16. The summed E-state index contributed by atoms with van der Waals surface area (Å²) in [4.78, 5) is 22.4. The molecule has 1 atom stereocenters. The summed E-state index contributed by atoms with van der Waals surface area (Å²) in [6, 6.07) is 5.51. The predicted molar refractivity (Wildman–Crippen MR) is 93.8 cm³/mol. The summed E-state index contributed by atoms with van der Waals surface area (Å²) in [7, 11) is -3.59. The number of hydrogen-bond acceptors (Lipinski definition) is 5. The van der Waals surface area contributed by atoms with E-state index in [9.17, 15) is 18.0 Å². The van der Waals surface area contributed by atoms with Gasteiger partial charge in [0.05, 0.1) is 10.6 Å². The number of carbonyl (C=O) groups is 2. The highest BCUT2D eigenvalue weighted by Gasteiger charge is 2.17. The van der Waals surface area contributed by atoms with Crippen molar-refractivity contribution in [2.24, 2.45) is 0 Å². The Bertz CT molecular complexity index is 659. The highest BCUT2D eigenvalue weighted by molar-refractivity contribution is 7.99. The Kier molecular flexibility index (Phi) is 8.23. The maximum Gasteiger partial charge on any atom is 0.313 e. The minimum Gasteiger partial charge on any atom is -0.481 e. The number of hydrogen-bond donors (Lipinski definition) is 3. The quantitative estimate of drug-likeness (QED) is 0.532. The number of nitrogens with one attached hydrogen (secondary N) is 2. The van der Waals surface area contributed by atoms with E-state index < -0.39 is 16.0 Å². The highest BCUT2D eigenvalue weighted by atomic mass is 32.2. The summed E-state index contributed by atoms with van der Waals surface area (Å²) in [5.41, 5.74) is 0.348. The average molecular weight is 374 g/mol. The second kappa shape index (κ2) is 9.65. The molecule has 0 fully saturated rings. The predicted octanol–water partition coefficient (Wildman–Crippen LogP) is 1.31. The third-order valence-electron chi connectivity index (χ3n) is 3.15. The van der Waals surface area contributed by atoms with E-state index in [4.69, 9.17) is 5.11 Å². The zero-order valence-electron chi connectivity index (χ0n) is 13.6. The molecule has 1 aromatic rings. The van der Waals surface area contributed by atoms with Crippen LogP contribution < -0.4 is 10.0 Å². The topological polar surface area (TPSA) is 113 Å². The number of carboxylic acids is 1. The number of thioether (sulfide) groups is 1. The van der Waals surface area contributed by atoms with Crippen LogP contribution in [0.25, 0.3) is 0 Å². The van der Waals surface area contributed by atoms with Gasteiger partial charge >= 0.3 is 5.97 Å². The van der Waals surface area contributed by atoms with Gasteiger partial charge in [-0.05, 0) is 37.6 Å². The van der Waals surface area contributed by atoms with Gasteiger partial charge in [0.2, 0.25) is 10.0 Å². The van der Waals surface area contributed by atoms with Crippen LogP contribution >= 0.6 is 11.8 Å². The van der Waals surface area contributed by atoms with Crippen LogP contribution in [-0.2, 0) is 14.8 Å². The number of amides is 1. The Morgan fingerprint density at radius 3 is 2.42 bits per heavy atom. The Hall–Kier alpha value is -1.58. The van der Waals surface area contributed by atoms with E-state index in [-0.39, 0.29) is 22.6 Å². The van der Waals surface area contributed by atoms with Crippen LogP contribution in [0.4, 0.5) is 0 Å². The third-order valence-corrected chi connectivity index (χ3v) is 5.70. The maximum atomic E-state index is 12.1. The lowest BCUT2D eigenvalue weighted by molar-refractivity contribution is -0.133. The molecule has 0 spiro atoms. The molecule has 0 aliphatic heterocycles. The SMILES string of the molecule is CCC(C)NS(=O)(=O)c1ccc(C(=O)NCCSCC(=O)O)cc1. The number of carbonyl (C=O) groups excluding carboxylic acids is 1. The lowest BCUT2D eigenvalue weighted by atomic mass is 10.2. The van der Waals surface area contributed by atoms with Crippen molar-refractivity contribution >= 4 is 33.7 Å². The van der Waals surface area contributed by atoms with Gasteiger partial charge in [0.1, 0.15) is 0 Å². The first-order valence-corrected chi connectivity index (χ1v) is 10.1. The molecule has 1 amide bonds.